The zero-order valence-corrected chi connectivity index (χ0v) is 15.9. The summed E-state index contributed by atoms with van der Waals surface area (Å²) in [6, 6.07) is 8.38. The van der Waals surface area contributed by atoms with Crippen LogP contribution in [0.5, 0.6) is 0 Å². The Bertz CT molecular complexity index is 1080. The number of piperidine rings is 1. The first kappa shape index (κ1) is 19.0. The molecule has 150 valence electrons. The topological polar surface area (TPSA) is 66.7 Å². The van der Waals surface area contributed by atoms with Crippen molar-refractivity contribution in [1.82, 2.24) is 14.3 Å². The molecule has 2 amide bonds. The highest BCUT2D eigenvalue weighted by molar-refractivity contribution is 6.09. The molecule has 0 spiro atoms. The predicted octanol–water partition coefficient (Wildman–Crippen LogP) is 3.74. The number of pyridine rings is 1. The van der Waals surface area contributed by atoms with Gasteiger partial charge in [0.2, 0.25) is 5.82 Å². The van der Waals surface area contributed by atoms with Crippen LogP contribution in [0.25, 0.3) is 5.52 Å². The molecule has 0 aliphatic carbocycles. The Labute approximate surface area is 166 Å². The van der Waals surface area contributed by atoms with Gasteiger partial charge in [0.05, 0.1) is 5.52 Å². The molecule has 1 saturated heterocycles. The molecule has 2 aromatic heterocycles. The Morgan fingerprint density at radius 3 is 2.62 bits per heavy atom. The molecular formula is C21H20F2N4O2. The van der Waals surface area contributed by atoms with Crippen molar-refractivity contribution in [2.24, 2.45) is 5.92 Å². The quantitative estimate of drug-likeness (QED) is 0.731. The fraction of sp³-hybridized carbons (Fsp3) is 0.286. The van der Waals surface area contributed by atoms with Gasteiger partial charge in [-0.15, -0.1) is 0 Å². The lowest BCUT2D eigenvalue weighted by molar-refractivity contribution is 0.0670. The molecular weight excluding hydrogens is 378 g/mol. The zero-order valence-electron chi connectivity index (χ0n) is 15.9. The van der Waals surface area contributed by atoms with E-state index in [1.165, 1.54) is 10.5 Å². The third kappa shape index (κ3) is 3.57. The number of likely N-dealkylation sites (tertiary alicyclic amines) is 1. The molecule has 4 rings (SSSR count). The Kier molecular flexibility index (Phi) is 5.00. The summed E-state index contributed by atoms with van der Waals surface area (Å²) in [5, 5.41) is 2.24. The van der Waals surface area contributed by atoms with Gasteiger partial charge in [0.25, 0.3) is 11.8 Å². The lowest BCUT2D eigenvalue weighted by atomic mass is 10.0. The van der Waals surface area contributed by atoms with Crippen molar-refractivity contribution < 1.29 is 18.4 Å². The van der Waals surface area contributed by atoms with Crippen LogP contribution in [-0.2, 0) is 0 Å². The maximum atomic E-state index is 13.9. The Hall–Kier alpha value is -3.29. The molecule has 8 heteroatoms. The zero-order chi connectivity index (χ0) is 20.5. The third-order valence-electron chi connectivity index (χ3n) is 5.10. The number of aromatic nitrogens is 2. The van der Waals surface area contributed by atoms with Crippen LogP contribution < -0.4 is 5.32 Å². The van der Waals surface area contributed by atoms with E-state index in [-0.39, 0.29) is 17.4 Å². The average Bonchev–Trinajstić information content (AvgIpc) is 3.10. The first-order valence-corrected chi connectivity index (χ1v) is 9.47. The number of nitrogens with zero attached hydrogens (tertiary/aromatic N) is 3. The third-order valence-corrected chi connectivity index (χ3v) is 5.10. The fourth-order valence-electron chi connectivity index (χ4n) is 3.66. The second kappa shape index (κ2) is 7.62. The van der Waals surface area contributed by atoms with Crippen molar-refractivity contribution in [2.75, 3.05) is 18.4 Å². The second-order valence-corrected chi connectivity index (χ2v) is 7.29. The molecule has 1 fully saturated rings. The van der Waals surface area contributed by atoms with Gasteiger partial charge >= 0.3 is 0 Å². The number of anilines is 1. The molecule has 6 nitrogen and oxygen atoms in total. The molecule has 0 radical (unpaired) electrons. The molecule has 1 unspecified atom stereocenters. The number of carbonyl (C=O) groups excluding carboxylic acids is 2. The lowest BCUT2D eigenvalue weighted by Crippen LogP contribution is -2.39. The Morgan fingerprint density at radius 1 is 1.14 bits per heavy atom. The maximum absolute atomic E-state index is 13.9. The molecule has 29 heavy (non-hydrogen) atoms. The minimum atomic E-state index is -0.888. The van der Waals surface area contributed by atoms with Gasteiger partial charge in [-0.2, -0.15) is 0 Å². The van der Waals surface area contributed by atoms with Crippen molar-refractivity contribution in [3.63, 3.8) is 0 Å². The number of benzene rings is 1. The molecule has 1 N–H and O–H groups in total. The van der Waals surface area contributed by atoms with Crippen LogP contribution >= 0.6 is 0 Å². The largest absolute Gasteiger partial charge is 0.336 e. The van der Waals surface area contributed by atoms with Gasteiger partial charge in [-0.25, -0.2) is 13.8 Å². The number of hydrogen-bond donors (Lipinski definition) is 1. The number of hydrogen-bond acceptors (Lipinski definition) is 3. The van der Waals surface area contributed by atoms with Crippen LogP contribution in [0.2, 0.25) is 0 Å². The van der Waals surface area contributed by atoms with Crippen LogP contribution in [0.4, 0.5) is 14.5 Å². The van der Waals surface area contributed by atoms with Crippen LogP contribution in [0, 0.1) is 17.6 Å². The highest BCUT2D eigenvalue weighted by Crippen LogP contribution is 2.22. The summed E-state index contributed by atoms with van der Waals surface area (Å²) in [4.78, 5) is 31.8. The number of amides is 2. The number of imidazole rings is 1. The summed E-state index contributed by atoms with van der Waals surface area (Å²) < 4.78 is 29.4. The summed E-state index contributed by atoms with van der Waals surface area (Å²) in [6.45, 7) is 3.35. The number of rotatable bonds is 3. The minimum absolute atomic E-state index is 0.0679. The molecule has 3 heterocycles. The summed E-state index contributed by atoms with van der Waals surface area (Å²) >= 11 is 0. The van der Waals surface area contributed by atoms with Gasteiger partial charge in [0, 0.05) is 19.3 Å². The van der Waals surface area contributed by atoms with Gasteiger partial charge in [-0.1, -0.05) is 19.1 Å². The van der Waals surface area contributed by atoms with E-state index in [9.17, 15) is 18.4 Å². The fourth-order valence-corrected chi connectivity index (χ4v) is 3.66. The molecule has 0 bridgehead atoms. The number of para-hydroxylation sites is 1. The van der Waals surface area contributed by atoms with Crippen LogP contribution in [0.1, 0.15) is 40.9 Å². The van der Waals surface area contributed by atoms with E-state index in [1.807, 2.05) is 0 Å². The molecule has 1 atom stereocenters. The summed E-state index contributed by atoms with van der Waals surface area (Å²) in [5.74, 6) is -2.34. The normalized spacial score (nSPS) is 16.8. The SMILES string of the molecule is CC1CCCN(C(=O)c2nc(C(=O)Nc3c(F)cccc3F)c3ccccn23)C1. The second-order valence-electron chi connectivity index (χ2n) is 7.29. The number of fused-ring (bicyclic) bond motifs is 1. The highest BCUT2D eigenvalue weighted by atomic mass is 19.1. The van der Waals surface area contributed by atoms with Crippen LogP contribution in [0.3, 0.4) is 0 Å². The van der Waals surface area contributed by atoms with E-state index < -0.39 is 23.2 Å². The van der Waals surface area contributed by atoms with Crippen molar-refractivity contribution in [3.8, 4) is 0 Å². The number of carbonyl (C=O) groups is 2. The van der Waals surface area contributed by atoms with Crippen LogP contribution in [-0.4, -0.2) is 39.2 Å². The van der Waals surface area contributed by atoms with E-state index in [0.717, 1.165) is 25.0 Å². The highest BCUT2D eigenvalue weighted by Gasteiger charge is 2.28. The molecule has 1 aliphatic rings. The maximum Gasteiger partial charge on any atom is 0.290 e. The lowest BCUT2D eigenvalue weighted by Gasteiger charge is -2.30. The van der Waals surface area contributed by atoms with Crippen LogP contribution in [0.15, 0.2) is 42.6 Å². The Morgan fingerprint density at radius 2 is 1.90 bits per heavy atom. The standard InChI is InChI=1S/C21H20F2N4O2/c1-13-6-5-10-26(12-13)21(29)19-24-18(16-9-2-3-11-27(16)19)20(28)25-17-14(22)7-4-8-15(17)23/h2-4,7-9,11,13H,5-6,10,12H2,1H3,(H,25,28). The van der Waals surface area contributed by atoms with Gasteiger partial charge < -0.3 is 10.2 Å². The predicted molar refractivity (Wildman–Crippen MR) is 104 cm³/mol. The number of nitrogens with one attached hydrogen (secondary N) is 1. The Balaban J connectivity index is 1.71. The molecule has 1 aliphatic heterocycles. The van der Waals surface area contributed by atoms with Gasteiger partial charge in [0.1, 0.15) is 17.3 Å². The summed E-state index contributed by atoms with van der Waals surface area (Å²) in [5.41, 5.74) is -0.232. The number of halogens is 2. The van der Waals surface area contributed by atoms with Gasteiger partial charge in [0.15, 0.2) is 5.69 Å². The van der Waals surface area contributed by atoms with E-state index in [2.05, 4.69) is 17.2 Å². The van der Waals surface area contributed by atoms with E-state index in [0.29, 0.717) is 24.5 Å². The summed E-state index contributed by atoms with van der Waals surface area (Å²) in [7, 11) is 0. The minimum Gasteiger partial charge on any atom is -0.336 e. The molecule has 3 aromatic rings. The van der Waals surface area contributed by atoms with Crippen molar-refractivity contribution in [2.45, 2.75) is 19.8 Å². The first-order valence-electron chi connectivity index (χ1n) is 9.47. The van der Waals surface area contributed by atoms with Gasteiger partial charge in [-0.05, 0) is 43.0 Å². The van der Waals surface area contributed by atoms with Crippen molar-refractivity contribution in [1.29, 1.82) is 0 Å². The van der Waals surface area contributed by atoms with Gasteiger partial charge in [-0.3, -0.25) is 14.0 Å². The van der Waals surface area contributed by atoms with E-state index in [1.54, 1.807) is 29.3 Å². The smallest absolute Gasteiger partial charge is 0.290 e. The monoisotopic (exact) mass is 398 g/mol. The average molecular weight is 398 g/mol. The molecule has 0 saturated carbocycles. The first-order chi connectivity index (χ1) is 14.0. The van der Waals surface area contributed by atoms with Crippen molar-refractivity contribution in [3.05, 3.63) is 65.7 Å². The van der Waals surface area contributed by atoms with E-state index in [4.69, 9.17) is 0 Å². The van der Waals surface area contributed by atoms with E-state index >= 15 is 0 Å². The molecule has 1 aromatic carbocycles. The van der Waals surface area contributed by atoms with Crippen molar-refractivity contribution >= 4 is 23.0 Å². The summed E-state index contributed by atoms with van der Waals surface area (Å²) in [6.07, 6.45) is 3.62.